The van der Waals surface area contributed by atoms with Gasteiger partial charge in [0.2, 0.25) is 0 Å². The van der Waals surface area contributed by atoms with E-state index in [4.69, 9.17) is 17.0 Å². The van der Waals surface area contributed by atoms with Gasteiger partial charge in [0.1, 0.15) is 18.8 Å². The molecular weight excluding hydrogens is 459 g/mol. The highest BCUT2D eigenvalue weighted by molar-refractivity contribution is 6.20. The number of benzene rings is 2. The highest BCUT2D eigenvalue weighted by Crippen LogP contribution is 2.33. The van der Waals surface area contributed by atoms with Gasteiger partial charge in [-0.15, -0.1) is 8.78 Å². The zero-order valence-electron chi connectivity index (χ0n) is 16.9. The molecule has 1 atom stereocenters. The Balaban J connectivity index is 1.67. The molecule has 1 aliphatic heterocycles. The van der Waals surface area contributed by atoms with Crippen molar-refractivity contribution in [3.05, 3.63) is 59.9 Å². The summed E-state index contributed by atoms with van der Waals surface area (Å²) >= 11 is 4.75. The normalized spacial score (nSPS) is 15.9. The van der Waals surface area contributed by atoms with E-state index in [1.165, 1.54) is 36.8 Å². The van der Waals surface area contributed by atoms with Crippen molar-refractivity contribution in [2.24, 2.45) is 4.99 Å². The Kier molecular flexibility index (Phi) is 6.19. The zero-order chi connectivity index (χ0) is 23.6. The molecule has 0 saturated carbocycles. The maximum Gasteiger partial charge on any atom is 0.487 e. The quantitative estimate of drug-likeness (QED) is 0.271. The molecule has 0 unspecified atom stereocenters. The molecule has 1 aliphatic rings. The summed E-state index contributed by atoms with van der Waals surface area (Å²) in [6, 6.07) is 8.07. The number of carbonyl (C=O) groups is 1. The summed E-state index contributed by atoms with van der Waals surface area (Å²) in [5, 5.41) is 9.85. The van der Waals surface area contributed by atoms with Gasteiger partial charge in [0.25, 0.3) is 5.91 Å². The van der Waals surface area contributed by atoms with Crippen LogP contribution >= 0.6 is 11.6 Å². The lowest BCUT2D eigenvalue weighted by Gasteiger charge is -2.14. The van der Waals surface area contributed by atoms with Gasteiger partial charge in [0.15, 0.2) is 0 Å². The van der Waals surface area contributed by atoms with Crippen molar-refractivity contribution in [1.82, 2.24) is 9.55 Å². The molecule has 0 bridgehead atoms. The second-order valence-corrected chi connectivity index (χ2v) is 7.62. The number of allylic oxidation sites excluding steroid dienone is 2. The van der Waals surface area contributed by atoms with Crippen molar-refractivity contribution in [2.45, 2.75) is 18.0 Å². The number of nitrogens with zero attached hydrogens (tertiary/aromatic N) is 3. The standard InChI is InChI=1S/C22H17ClF3N5O2/c23-22(25,26)33-17-5-2-15(3-6-17)30-21(32)14-7-18-13(10-28-11-27)1-4-16(9-24)31-12-29-19(8-14)20(18)31/h1-3,5-8,10-12,16,27H,4,9H2,(H,30,32)/t16-/m1/s1. The maximum atomic E-state index is 13.6. The third-order valence-electron chi connectivity index (χ3n) is 5.06. The molecule has 0 aliphatic carbocycles. The first-order valence-electron chi connectivity index (χ1n) is 9.75. The van der Waals surface area contributed by atoms with Crippen molar-refractivity contribution in [2.75, 3.05) is 12.0 Å². The van der Waals surface area contributed by atoms with Gasteiger partial charge < -0.3 is 14.6 Å². The Bertz CT molecular complexity index is 1270. The highest BCUT2D eigenvalue weighted by atomic mass is 35.5. The molecule has 2 N–H and O–H groups in total. The van der Waals surface area contributed by atoms with E-state index in [1.807, 2.05) is 6.08 Å². The maximum absolute atomic E-state index is 13.6. The summed E-state index contributed by atoms with van der Waals surface area (Å²) in [6.45, 7) is -0.589. The Morgan fingerprint density at radius 1 is 1.36 bits per heavy atom. The number of nitrogens with one attached hydrogen (secondary N) is 2. The smallest absolute Gasteiger partial charge is 0.420 e. The highest BCUT2D eigenvalue weighted by Gasteiger charge is 2.27. The lowest BCUT2D eigenvalue weighted by molar-refractivity contribution is -0.0964. The molecule has 11 heteroatoms. The fourth-order valence-corrected chi connectivity index (χ4v) is 3.70. The number of alkyl halides is 4. The van der Waals surface area contributed by atoms with E-state index in [2.05, 4.69) is 20.0 Å². The van der Waals surface area contributed by atoms with Gasteiger partial charge in [-0.1, -0.05) is 6.08 Å². The number of anilines is 1. The predicted octanol–water partition coefficient (Wildman–Crippen LogP) is 5.43. The third kappa shape index (κ3) is 4.90. The number of halogens is 4. The van der Waals surface area contributed by atoms with Crippen molar-refractivity contribution in [3.8, 4) is 5.75 Å². The van der Waals surface area contributed by atoms with Crippen LogP contribution in [-0.4, -0.2) is 40.3 Å². The number of carbonyl (C=O) groups excluding carboxylic acids is 1. The van der Waals surface area contributed by atoms with Crippen LogP contribution < -0.4 is 10.1 Å². The molecule has 1 aromatic heterocycles. The SMILES string of the molecule is N=CN=CC1=CC[C@H](CF)n2cnc3cc(C(=O)Nc4ccc(OC(F)(F)Cl)cc4)cc1c32. The van der Waals surface area contributed by atoms with Crippen LogP contribution in [0.4, 0.5) is 18.9 Å². The lowest BCUT2D eigenvalue weighted by Crippen LogP contribution is -2.16. The molecule has 33 heavy (non-hydrogen) atoms. The van der Waals surface area contributed by atoms with E-state index in [1.54, 1.807) is 16.7 Å². The van der Waals surface area contributed by atoms with Crippen molar-refractivity contribution < 1.29 is 22.7 Å². The number of aliphatic imine (C=N–C) groups is 1. The first kappa shape index (κ1) is 22.5. The van der Waals surface area contributed by atoms with Crippen LogP contribution in [0.5, 0.6) is 5.75 Å². The van der Waals surface area contributed by atoms with Crippen LogP contribution in [0.15, 0.2) is 53.8 Å². The first-order valence-corrected chi connectivity index (χ1v) is 10.1. The first-order chi connectivity index (χ1) is 15.8. The number of ether oxygens (including phenoxy) is 1. The van der Waals surface area contributed by atoms with Gasteiger partial charge in [-0.05, 0) is 48.4 Å². The summed E-state index contributed by atoms with van der Waals surface area (Å²) in [6.07, 6.45) is 6.11. The minimum atomic E-state index is -3.84. The fourth-order valence-electron chi connectivity index (χ4n) is 3.61. The molecule has 0 fully saturated rings. The van der Waals surface area contributed by atoms with Gasteiger partial charge in [-0.25, -0.2) is 14.4 Å². The molecule has 0 spiro atoms. The summed E-state index contributed by atoms with van der Waals surface area (Å²) < 4.78 is 45.1. The second-order valence-electron chi connectivity index (χ2n) is 7.18. The topological polar surface area (TPSA) is 92.4 Å². The van der Waals surface area contributed by atoms with E-state index >= 15 is 0 Å². The van der Waals surface area contributed by atoms with Crippen LogP contribution in [0.1, 0.15) is 28.4 Å². The van der Waals surface area contributed by atoms with E-state index in [9.17, 15) is 18.0 Å². The minimum Gasteiger partial charge on any atom is -0.420 e. The van der Waals surface area contributed by atoms with Gasteiger partial charge in [-0.3, -0.25) is 10.2 Å². The van der Waals surface area contributed by atoms with Gasteiger partial charge in [0.05, 0.1) is 23.4 Å². The summed E-state index contributed by atoms with van der Waals surface area (Å²) in [5.74, 6) is -0.628. The molecule has 170 valence electrons. The number of hydrogen-bond acceptors (Lipinski definition) is 4. The summed E-state index contributed by atoms with van der Waals surface area (Å²) in [4.78, 5) is 21.1. The average molecular weight is 476 g/mol. The van der Waals surface area contributed by atoms with Crippen molar-refractivity contribution in [1.29, 1.82) is 5.41 Å². The van der Waals surface area contributed by atoms with Crippen molar-refractivity contribution in [3.63, 3.8) is 0 Å². The minimum absolute atomic E-state index is 0.164. The summed E-state index contributed by atoms with van der Waals surface area (Å²) in [7, 11) is 0. The molecule has 2 aromatic carbocycles. The van der Waals surface area contributed by atoms with Gasteiger partial charge >= 0.3 is 5.57 Å². The molecule has 4 rings (SSSR count). The van der Waals surface area contributed by atoms with Crippen LogP contribution in [-0.2, 0) is 0 Å². The fraction of sp³-hybridized carbons (Fsp3) is 0.182. The molecule has 7 nitrogen and oxygen atoms in total. The number of amides is 1. The second kappa shape index (κ2) is 9.07. The van der Waals surface area contributed by atoms with Gasteiger partial charge in [-0.2, -0.15) is 0 Å². The predicted molar refractivity (Wildman–Crippen MR) is 120 cm³/mol. The van der Waals surface area contributed by atoms with Gasteiger partial charge in [0, 0.05) is 34.6 Å². The molecule has 0 radical (unpaired) electrons. The number of rotatable bonds is 7. The lowest BCUT2D eigenvalue weighted by atomic mass is 10.0. The number of aromatic nitrogens is 2. The third-order valence-corrected chi connectivity index (χ3v) is 5.13. The van der Waals surface area contributed by atoms with E-state index < -0.39 is 24.2 Å². The molecule has 0 saturated heterocycles. The molecule has 3 aromatic rings. The average Bonchev–Trinajstić information content (AvgIpc) is 3.13. The molecular formula is C22H17ClF3N5O2. The molecule has 1 amide bonds. The van der Waals surface area contributed by atoms with E-state index in [0.29, 0.717) is 34.3 Å². The Hall–Kier alpha value is -3.66. The van der Waals surface area contributed by atoms with E-state index in [-0.39, 0.29) is 11.3 Å². The number of hydrogen-bond donors (Lipinski definition) is 2. The molecule has 2 heterocycles. The Morgan fingerprint density at radius 2 is 2.12 bits per heavy atom. The van der Waals surface area contributed by atoms with Crippen LogP contribution in [0.25, 0.3) is 16.6 Å². The van der Waals surface area contributed by atoms with Crippen LogP contribution in [0.3, 0.4) is 0 Å². The zero-order valence-corrected chi connectivity index (χ0v) is 17.7. The van der Waals surface area contributed by atoms with Crippen LogP contribution in [0, 0.1) is 5.41 Å². The Labute approximate surface area is 191 Å². The summed E-state index contributed by atoms with van der Waals surface area (Å²) in [5.41, 5.74) is -0.775. The van der Waals surface area contributed by atoms with E-state index in [0.717, 1.165) is 6.34 Å². The van der Waals surface area contributed by atoms with Crippen molar-refractivity contribution >= 4 is 52.4 Å². The number of imidazole rings is 1. The monoisotopic (exact) mass is 475 g/mol. The van der Waals surface area contributed by atoms with Crippen LogP contribution in [0.2, 0.25) is 0 Å². The Morgan fingerprint density at radius 3 is 2.79 bits per heavy atom. The largest absolute Gasteiger partial charge is 0.487 e.